The van der Waals surface area contributed by atoms with Crippen molar-refractivity contribution in [3.8, 4) is 0 Å². The third-order valence-electron chi connectivity index (χ3n) is 5.57. The zero-order valence-electron chi connectivity index (χ0n) is 14.0. The van der Waals surface area contributed by atoms with Crippen LogP contribution in [-0.4, -0.2) is 29.7 Å². The third-order valence-corrected chi connectivity index (χ3v) is 5.57. The molecule has 1 aliphatic carbocycles. The molecule has 124 valence electrons. The fraction of sp³-hybridized carbons (Fsp3) is 0.600. The summed E-state index contributed by atoms with van der Waals surface area (Å²) in [6, 6.07) is 10.6. The maximum atomic E-state index is 12.7. The van der Waals surface area contributed by atoms with Crippen molar-refractivity contribution >= 4 is 11.7 Å². The molecule has 1 heterocycles. The number of Topliss-reactive ketones (excluding diaryl/α,β-unsaturated/α-hetero) is 1. The first-order valence-electron chi connectivity index (χ1n) is 8.99. The predicted octanol–water partition coefficient (Wildman–Crippen LogP) is 3.47. The number of hydrogen-bond donors (Lipinski definition) is 0. The molecule has 0 spiro atoms. The second-order valence-electron chi connectivity index (χ2n) is 7.30. The van der Waals surface area contributed by atoms with E-state index in [-0.39, 0.29) is 11.8 Å². The first-order valence-corrected chi connectivity index (χ1v) is 8.99. The molecule has 1 aromatic rings. The van der Waals surface area contributed by atoms with Crippen LogP contribution in [-0.2, 0) is 16.0 Å². The smallest absolute Gasteiger partial charge is 0.225 e. The topological polar surface area (TPSA) is 37.4 Å². The largest absolute Gasteiger partial charge is 0.342 e. The molecule has 0 radical (unpaired) electrons. The standard InChI is InChI=1S/C20H27NO2/c1-15-13-18(7-8-19(15)22)20(23)21-11-9-17(10-12-21)14-16-5-3-2-4-6-16/h2-6,15,17-18H,7-14H2,1H3/t15-,18+/m1/s1. The monoisotopic (exact) mass is 313 g/mol. The van der Waals surface area contributed by atoms with E-state index in [2.05, 4.69) is 35.2 Å². The van der Waals surface area contributed by atoms with Crippen molar-refractivity contribution in [1.82, 2.24) is 4.90 Å². The van der Waals surface area contributed by atoms with Crippen LogP contribution in [0.3, 0.4) is 0 Å². The Balaban J connectivity index is 1.49. The number of carbonyl (C=O) groups is 2. The molecule has 0 N–H and O–H groups in total. The van der Waals surface area contributed by atoms with Gasteiger partial charge in [-0.05, 0) is 43.6 Å². The SMILES string of the molecule is C[C@@H]1C[C@@H](C(=O)N2CCC(Cc3ccccc3)CC2)CCC1=O. The second-order valence-corrected chi connectivity index (χ2v) is 7.30. The lowest BCUT2D eigenvalue weighted by atomic mass is 9.80. The van der Waals surface area contributed by atoms with Gasteiger partial charge in [-0.1, -0.05) is 37.3 Å². The van der Waals surface area contributed by atoms with Gasteiger partial charge in [0.2, 0.25) is 5.91 Å². The molecule has 0 aromatic heterocycles. The van der Waals surface area contributed by atoms with Gasteiger partial charge in [-0.3, -0.25) is 9.59 Å². The Morgan fingerprint density at radius 2 is 1.83 bits per heavy atom. The summed E-state index contributed by atoms with van der Waals surface area (Å²) in [4.78, 5) is 26.4. The molecule has 2 aliphatic rings. The van der Waals surface area contributed by atoms with Gasteiger partial charge in [0.05, 0.1) is 0 Å². The highest BCUT2D eigenvalue weighted by molar-refractivity contribution is 5.86. The molecule has 23 heavy (non-hydrogen) atoms. The second kappa shape index (κ2) is 7.29. The number of benzene rings is 1. The van der Waals surface area contributed by atoms with Crippen LogP contribution >= 0.6 is 0 Å². The van der Waals surface area contributed by atoms with Crippen LogP contribution in [0.2, 0.25) is 0 Å². The summed E-state index contributed by atoms with van der Waals surface area (Å²) in [6.07, 6.45) is 5.41. The van der Waals surface area contributed by atoms with Crippen LogP contribution < -0.4 is 0 Å². The molecular weight excluding hydrogens is 286 g/mol. The zero-order chi connectivity index (χ0) is 16.2. The van der Waals surface area contributed by atoms with Gasteiger partial charge in [0, 0.05) is 31.3 Å². The first-order chi connectivity index (χ1) is 11.1. The minimum Gasteiger partial charge on any atom is -0.342 e. The molecule has 1 aromatic carbocycles. The molecule has 3 nitrogen and oxygen atoms in total. The quantitative estimate of drug-likeness (QED) is 0.857. The normalized spacial score (nSPS) is 26.3. The van der Waals surface area contributed by atoms with Crippen molar-refractivity contribution < 1.29 is 9.59 Å². The number of hydrogen-bond acceptors (Lipinski definition) is 2. The lowest BCUT2D eigenvalue weighted by molar-refractivity contribution is -0.140. The van der Waals surface area contributed by atoms with Crippen LogP contribution in [0, 0.1) is 17.8 Å². The molecular formula is C20H27NO2. The zero-order valence-corrected chi connectivity index (χ0v) is 14.0. The minimum atomic E-state index is 0.0633. The summed E-state index contributed by atoms with van der Waals surface area (Å²) in [5.41, 5.74) is 1.40. The van der Waals surface area contributed by atoms with E-state index in [1.165, 1.54) is 5.56 Å². The summed E-state index contributed by atoms with van der Waals surface area (Å²) in [5.74, 6) is 1.45. The van der Waals surface area contributed by atoms with E-state index in [0.717, 1.165) is 45.2 Å². The predicted molar refractivity (Wildman–Crippen MR) is 91.0 cm³/mol. The van der Waals surface area contributed by atoms with E-state index in [4.69, 9.17) is 0 Å². The molecule has 3 heteroatoms. The molecule has 1 saturated heterocycles. The molecule has 1 amide bonds. The molecule has 2 fully saturated rings. The van der Waals surface area contributed by atoms with E-state index in [9.17, 15) is 9.59 Å². The van der Waals surface area contributed by atoms with Crippen LogP contribution in [0.15, 0.2) is 30.3 Å². The molecule has 3 rings (SSSR count). The summed E-state index contributed by atoms with van der Waals surface area (Å²) >= 11 is 0. The maximum absolute atomic E-state index is 12.7. The Morgan fingerprint density at radius 3 is 2.48 bits per heavy atom. The van der Waals surface area contributed by atoms with Crippen LogP contribution in [0.5, 0.6) is 0 Å². The number of nitrogens with zero attached hydrogens (tertiary/aromatic N) is 1. The number of rotatable bonds is 3. The van der Waals surface area contributed by atoms with Gasteiger partial charge >= 0.3 is 0 Å². The van der Waals surface area contributed by atoms with Crippen molar-refractivity contribution in [3.63, 3.8) is 0 Å². The molecule has 0 bridgehead atoms. The van der Waals surface area contributed by atoms with Crippen molar-refractivity contribution in [2.45, 2.75) is 45.4 Å². The maximum Gasteiger partial charge on any atom is 0.225 e. The summed E-state index contributed by atoms with van der Waals surface area (Å²) in [5, 5.41) is 0. The summed E-state index contributed by atoms with van der Waals surface area (Å²) in [6.45, 7) is 3.73. The highest BCUT2D eigenvalue weighted by Crippen LogP contribution is 2.30. The fourth-order valence-corrected chi connectivity index (χ4v) is 4.03. The van der Waals surface area contributed by atoms with Gasteiger partial charge in [0.1, 0.15) is 5.78 Å². The molecule has 1 saturated carbocycles. The number of carbonyl (C=O) groups excluding carboxylic acids is 2. The summed E-state index contributed by atoms with van der Waals surface area (Å²) in [7, 11) is 0. The molecule has 1 aliphatic heterocycles. The fourth-order valence-electron chi connectivity index (χ4n) is 4.03. The lowest BCUT2D eigenvalue weighted by Gasteiger charge is -2.36. The third kappa shape index (κ3) is 4.01. The number of amides is 1. The average molecular weight is 313 g/mol. The van der Waals surface area contributed by atoms with Gasteiger partial charge in [-0.15, -0.1) is 0 Å². The highest BCUT2D eigenvalue weighted by atomic mass is 16.2. The van der Waals surface area contributed by atoms with E-state index in [1.807, 2.05) is 6.92 Å². The minimum absolute atomic E-state index is 0.0633. The Bertz CT molecular complexity index is 546. The summed E-state index contributed by atoms with van der Waals surface area (Å²) < 4.78 is 0. The van der Waals surface area contributed by atoms with E-state index < -0.39 is 0 Å². The van der Waals surface area contributed by atoms with Crippen molar-refractivity contribution in [3.05, 3.63) is 35.9 Å². The van der Waals surface area contributed by atoms with E-state index in [1.54, 1.807) is 0 Å². The van der Waals surface area contributed by atoms with Gasteiger partial charge in [0.15, 0.2) is 0 Å². The Morgan fingerprint density at radius 1 is 1.13 bits per heavy atom. The lowest BCUT2D eigenvalue weighted by Crippen LogP contribution is -2.43. The van der Waals surface area contributed by atoms with Gasteiger partial charge < -0.3 is 4.90 Å². The van der Waals surface area contributed by atoms with Crippen LogP contribution in [0.25, 0.3) is 0 Å². The highest BCUT2D eigenvalue weighted by Gasteiger charge is 2.33. The van der Waals surface area contributed by atoms with Crippen molar-refractivity contribution in [1.29, 1.82) is 0 Å². The number of ketones is 1. The van der Waals surface area contributed by atoms with Crippen molar-refractivity contribution in [2.75, 3.05) is 13.1 Å². The van der Waals surface area contributed by atoms with Gasteiger partial charge in [-0.25, -0.2) is 0 Å². The van der Waals surface area contributed by atoms with Crippen molar-refractivity contribution in [2.24, 2.45) is 17.8 Å². The first kappa shape index (κ1) is 16.2. The van der Waals surface area contributed by atoms with E-state index >= 15 is 0 Å². The molecule has 2 atom stereocenters. The Hall–Kier alpha value is -1.64. The Kier molecular flexibility index (Phi) is 5.14. The van der Waals surface area contributed by atoms with Gasteiger partial charge in [0.25, 0.3) is 0 Å². The average Bonchev–Trinajstić information content (AvgIpc) is 2.58. The van der Waals surface area contributed by atoms with E-state index in [0.29, 0.717) is 24.0 Å². The van der Waals surface area contributed by atoms with Crippen LogP contribution in [0.4, 0.5) is 0 Å². The Labute approximate surface area is 139 Å². The van der Waals surface area contributed by atoms with Gasteiger partial charge in [-0.2, -0.15) is 0 Å². The number of likely N-dealkylation sites (tertiary alicyclic amines) is 1. The van der Waals surface area contributed by atoms with Crippen LogP contribution in [0.1, 0.15) is 44.6 Å². The molecule has 0 unspecified atom stereocenters. The number of piperidine rings is 1.